The highest BCUT2D eigenvalue weighted by Gasteiger charge is 2.59. The normalized spacial score (nSPS) is 32.0. The second-order valence-corrected chi connectivity index (χ2v) is 7.64. The molecule has 0 spiro atoms. The van der Waals surface area contributed by atoms with Crippen LogP contribution in [-0.4, -0.2) is 76.5 Å². The van der Waals surface area contributed by atoms with E-state index in [0.29, 0.717) is 4.90 Å². The number of methoxy groups -OCH3 is 1. The number of ether oxygens (including phenoxy) is 3. The van der Waals surface area contributed by atoms with E-state index in [1.54, 1.807) is 24.3 Å². The summed E-state index contributed by atoms with van der Waals surface area (Å²) in [5.74, 6) is -0.714. The van der Waals surface area contributed by atoms with Crippen molar-refractivity contribution in [2.45, 2.75) is 46.7 Å². The van der Waals surface area contributed by atoms with Gasteiger partial charge >= 0.3 is 12.1 Å². The summed E-state index contributed by atoms with van der Waals surface area (Å²) in [5.41, 5.74) is 0. The van der Waals surface area contributed by atoms with Gasteiger partial charge in [-0.05, 0) is 12.1 Å². The molecule has 2 aliphatic heterocycles. The number of alkyl carbamates (subject to hydrolysis) is 1. The van der Waals surface area contributed by atoms with Crippen molar-refractivity contribution in [2.24, 2.45) is 0 Å². The Bertz CT molecular complexity index is 689. The maximum absolute atomic E-state index is 12.6. The van der Waals surface area contributed by atoms with Gasteiger partial charge in [-0.25, -0.2) is 9.59 Å². The minimum atomic E-state index is -1.61. The van der Waals surface area contributed by atoms with Gasteiger partial charge in [0, 0.05) is 11.3 Å². The summed E-state index contributed by atoms with van der Waals surface area (Å²) >= 11 is 1.06. The zero-order valence-corrected chi connectivity index (χ0v) is 15.3. The van der Waals surface area contributed by atoms with Crippen molar-refractivity contribution in [1.82, 2.24) is 5.32 Å². The van der Waals surface area contributed by atoms with Gasteiger partial charge in [-0.1, -0.05) is 30.0 Å². The molecule has 0 aromatic heterocycles. The number of aliphatic hydroxyl groups is 3. The number of fused-ring (bicyclic) bond motifs is 1. The van der Waals surface area contributed by atoms with Gasteiger partial charge in [0.25, 0.3) is 0 Å². The van der Waals surface area contributed by atoms with Crippen LogP contribution in [0.1, 0.15) is 6.42 Å². The Morgan fingerprint density at radius 3 is 2.74 bits per heavy atom. The Morgan fingerprint density at radius 2 is 2.11 bits per heavy atom. The van der Waals surface area contributed by atoms with Gasteiger partial charge in [-0.3, -0.25) is 0 Å². The highest BCUT2D eigenvalue weighted by molar-refractivity contribution is 8.01. The van der Waals surface area contributed by atoms with Crippen LogP contribution in [-0.2, 0) is 19.0 Å². The summed E-state index contributed by atoms with van der Waals surface area (Å²) in [6, 6.07) is 8.16. The lowest BCUT2D eigenvalue weighted by molar-refractivity contribution is -0.199. The number of esters is 1. The van der Waals surface area contributed by atoms with Crippen molar-refractivity contribution in [3.63, 3.8) is 0 Å². The van der Waals surface area contributed by atoms with Gasteiger partial charge < -0.3 is 34.8 Å². The molecule has 9 nitrogen and oxygen atoms in total. The van der Waals surface area contributed by atoms with E-state index in [-0.39, 0.29) is 6.42 Å². The average molecular weight is 399 g/mol. The fourth-order valence-electron chi connectivity index (χ4n) is 3.22. The van der Waals surface area contributed by atoms with Crippen molar-refractivity contribution in [2.75, 3.05) is 13.7 Å². The molecular formula is C17H21NO8S. The lowest BCUT2D eigenvalue weighted by Gasteiger charge is -2.44. The topological polar surface area (TPSA) is 135 Å². The standard InChI is InChI=1S/C17H21NO8S/c1-24-15(22)17(27-9-5-3-2-4-6-9)7-11-12(18-16(23)25-11)14(26-17)13(21)10(20)8-19/h2-6,10-14,19-21H,7-8H2,1H3,(H,18,23)/t10-,11+,12-,13-,14-,17-/m1/s1. The third-order valence-electron chi connectivity index (χ3n) is 4.53. The molecular weight excluding hydrogens is 378 g/mol. The van der Waals surface area contributed by atoms with E-state index in [1.807, 2.05) is 6.07 Å². The molecule has 1 amide bonds. The molecule has 0 radical (unpaired) electrons. The maximum Gasteiger partial charge on any atom is 0.407 e. The molecule has 10 heteroatoms. The molecule has 0 saturated carbocycles. The summed E-state index contributed by atoms with van der Waals surface area (Å²) in [5, 5.41) is 32.0. The zero-order valence-electron chi connectivity index (χ0n) is 14.5. The first-order valence-electron chi connectivity index (χ1n) is 8.34. The van der Waals surface area contributed by atoms with Crippen LogP contribution in [0.2, 0.25) is 0 Å². The largest absolute Gasteiger partial charge is 0.466 e. The maximum atomic E-state index is 12.6. The number of hydrogen-bond donors (Lipinski definition) is 4. The number of carbonyl (C=O) groups excluding carboxylic acids is 2. The van der Waals surface area contributed by atoms with E-state index >= 15 is 0 Å². The Morgan fingerprint density at radius 1 is 1.41 bits per heavy atom. The lowest BCUT2D eigenvalue weighted by atomic mass is 9.90. The predicted molar refractivity (Wildman–Crippen MR) is 92.8 cm³/mol. The Labute approximate surface area is 159 Å². The van der Waals surface area contributed by atoms with E-state index in [4.69, 9.17) is 19.3 Å². The van der Waals surface area contributed by atoms with Crippen LogP contribution in [0.3, 0.4) is 0 Å². The van der Waals surface area contributed by atoms with E-state index in [0.717, 1.165) is 11.8 Å². The van der Waals surface area contributed by atoms with Crippen LogP contribution in [0.4, 0.5) is 4.79 Å². The van der Waals surface area contributed by atoms with Crippen LogP contribution in [0.15, 0.2) is 35.2 Å². The molecule has 0 unspecified atom stereocenters. The van der Waals surface area contributed by atoms with Crippen LogP contribution in [0.5, 0.6) is 0 Å². The summed E-state index contributed by atoms with van der Waals surface area (Å²) in [7, 11) is 1.21. The molecule has 27 heavy (non-hydrogen) atoms. The number of nitrogens with one attached hydrogen (secondary N) is 1. The fraction of sp³-hybridized carbons (Fsp3) is 0.529. The van der Waals surface area contributed by atoms with Crippen molar-refractivity contribution in [1.29, 1.82) is 0 Å². The van der Waals surface area contributed by atoms with E-state index in [9.17, 15) is 19.8 Å². The number of amides is 1. The number of hydrogen-bond acceptors (Lipinski definition) is 9. The van der Waals surface area contributed by atoms with Gasteiger partial charge in [0.2, 0.25) is 4.93 Å². The first kappa shape index (κ1) is 19.9. The van der Waals surface area contributed by atoms with Gasteiger partial charge in [0.05, 0.1) is 19.8 Å². The van der Waals surface area contributed by atoms with Crippen molar-refractivity contribution in [3.05, 3.63) is 30.3 Å². The van der Waals surface area contributed by atoms with Gasteiger partial charge in [0.15, 0.2) is 0 Å². The second kappa shape index (κ2) is 8.03. The molecule has 1 aromatic carbocycles. The molecule has 2 aliphatic rings. The SMILES string of the molecule is COC(=O)[C@]1(Sc2ccccc2)C[C@@H]2OC(=O)N[C@H]2[C@H]([C@H](O)[C@H](O)CO)O1. The molecule has 2 fully saturated rings. The summed E-state index contributed by atoms with van der Waals surface area (Å²) < 4.78 is 16.1. The molecule has 2 heterocycles. The first-order valence-corrected chi connectivity index (χ1v) is 9.16. The molecule has 4 N–H and O–H groups in total. The van der Waals surface area contributed by atoms with Crippen LogP contribution in [0, 0.1) is 0 Å². The number of rotatable bonds is 6. The number of carbonyl (C=O) groups is 2. The van der Waals surface area contributed by atoms with E-state index in [1.165, 1.54) is 7.11 Å². The lowest BCUT2D eigenvalue weighted by Crippen LogP contribution is -2.63. The first-order chi connectivity index (χ1) is 12.9. The Kier molecular flexibility index (Phi) is 5.92. The number of thioether (sulfide) groups is 1. The molecule has 1 aromatic rings. The van der Waals surface area contributed by atoms with Crippen LogP contribution >= 0.6 is 11.8 Å². The third kappa shape index (κ3) is 3.90. The molecule has 6 atom stereocenters. The number of benzene rings is 1. The summed E-state index contributed by atoms with van der Waals surface area (Å²) in [6.07, 6.45) is -5.80. The van der Waals surface area contributed by atoms with Crippen molar-refractivity contribution < 1.29 is 39.1 Å². The summed E-state index contributed by atoms with van der Waals surface area (Å²) in [4.78, 5) is 23.5. The molecule has 0 bridgehead atoms. The smallest absolute Gasteiger partial charge is 0.407 e. The predicted octanol–water partition coefficient (Wildman–Crippen LogP) is -0.372. The quantitative estimate of drug-likeness (QED) is 0.473. The van der Waals surface area contributed by atoms with Gasteiger partial charge in [-0.2, -0.15) is 0 Å². The minimum absolute atomic E-state index is 0.0128. The highest BCUT2D eigenvalue weighted by atomic mass is 32.2. The molecule has 3 rings (SSSR count). The minimum Gasteiger partial charge on any atom is -0.466 e. The molecule has 148 valence electrons. The average Bonchev–Trinajstić information content (AvgIpc) is 3.05. The third-order valence-corrected chi connectivity index (χ3v) is 5.80. The van der Waals surface area contributed by atoms with Crippen LogP contribution < -0.4 is 5.32 Å². The van der Waals surface area contributed by atoms with Gasteiger partial charge in [0.1, 0.15) is 24.4 Å². The monoisotopic (exact) mass is 399 g/mol. The van der Waals surface area contributed by atoms with Crippen molar-refractivity contribution in [3.8, 4) is 0 Å². The summed E-state index contributed by atoms with van der Waals surface area (Å²) in [6.45, 7) is -0.718. The highest BCUT2D eigenvalue weighted by Crippen LogP contribution is 2.46. The Hall–Kier alpha value is -1.85. The Balaban J connectivity index is 1.97. The van der Waals surface area contributed by atoms with Crippen LogP contribution in [0.25, 0.3) is 0 Å². The van der Waals surface area contributed by atoms with E-state index in [2.05, 4.69) is 5.32 Å². The fourth-order valence-corrected chi connectivity index (χ4v) is 4.47. The van der Waals surface area contributed by atoms with Crippen molar-refractivity contribution >= 4 is 23.8 Å². The molecule has 2 saturated heterocycles. The zero-order chi connectivity index (χ0) is 19.6. The molecule has 0 aliphatic carbocycles. The second-order valence-electron chi connectivity index (χ2n) is 6.30. The van der Waals surface area contributed by atoms with E-state index < -0.39 is 54.1 Å². The van der Waals surface area contributed by atoms with Gasteiger partial charge in [-0.15, -0.1) is 0 Å². The number of aliphatic hydroxyl groups excluding tert-OH is 3.